The van der Waals surface area contributed by atoms with Crippen molar-refractivity contribution in [1.82, 2.24) is 0 Å². The molecule has 0 saturated carbocycles. The maximum atomic E-state index is 6.21. The summed E-state index contributed by atoms with van der Waals surface area (Å²) in [5.41, 5.74) is 3.61. The number of hydrogen-bond acceptors (Lipinski definition) is 1. The lowest BCUT2D eigenvalue weighted by atomic mass is 10.1. The summed E-state index contributed by atoms with van der Waals surface area (Å²) in [6.45, 7) is 4.24. The molecule has 0 amide bonds. The molecule has 0 aliphatic carbocycles. The highest BCUT2D eigenvalue weighted by Gasteiger charge is 2.22. The second-order valence-corrected chi connectivity index (χ2v) is 9.83. The van der Waals surface area contributed by atoms with E-state index in [1.54, 1.807) is 0 Å². The molecule has 1 nitrogen and oxygen atoms in total. The molecular formula is C20H20NPS. The van der Waals surface area contributed by atoms with E-state index in [0.717, 1.165) is 5.69 Å². The van der Waals surface area contributed by atoms with Crippen LogP contribution >= 0.6 is 6.19 Å². The summed E-state index contributed by atoms with van der Waals surface area (Å²) in [6, 6.07) is 27.3. The van der Waals surface area contributed by atoms with Crippen LogP contribution in [-0.2, 0) is 11.8 Å². The largest absolute Gasteiger partial charge is 0.351 e. The van der Waals surface area contributed by atoms with Gasteiger partial charge in [0, 0.05) is 16.3 Å². The van der Waals surface area contributed by atoms with Gasteiger partial charge in [-0.1, -0.05) is 90.2 Å². The summed E-state index contributed by atoms with van der Waals surface area (Å²) in [6.07, 6.45) is -2.10. The highest BCUT2D eigenvalue weighted by atomic mass is 32.4. The first-order valence-electron chi connectivity index (χ1n) is 7.66. The molecule has 0 bridgehead atoms. The highest BCUT2D eigenvalue weighted by Crippen LogP contribution is 2.44. The Kier molecular flexibility index (Phi) is 4.66. The van der Waals surface area contributed by atoms with Gasteiger partial charge in [0.1, 0.15) is 0 Å². The third kappa shape index (κ3) is 3.39. The van der Waals surface area contributed by atoms with Crippen LogP contribution in [0.15, 0.2) is 78.9 Å². The van der Waals surface area contributed by atoms with E-state index in [4.69, 9.17) is 11.8 Å². The van der Waals surface area contributed by atoms with Crippen LogP contribution in [0.2, 0.25) is 0 Å². The first-order chi connectivity index (χ1) is 11.1. The topological polar surface area (TPSA) is 12.0 Å². The second kappa shape index (κ2) is 6.70. The number of anilines is 1. The van der Waals surface area contributed by atoms with Crippen molar-refractivity contribution < 1.29 is 0 Å². The smallest absolute Gasteiger partial charge is 0.0903 e. The van der Waals surface area contributed by atoms with E-state index in [2.05, 4.69) is 85.7 Å². The highest BCUT2D eigenvalue weighted by molar-refractivity contribution is 8.22. The van der Waals surface area contributed by atoms with Crippen LogP contribution in [0, 0.1) is 13.8 Å². The van der Waals surface area contributed by atoms with Gasteiger partial charge in [0.2, 0.25) is 0 Å². The molecule has 0 fully saturated rings. The Morgan fingerprint density at radius 1 is 0.739 bits per heavy atom. The molecule has 0 radical (unpaired) electrons. The summed E-state index contributed by atoms with van der Waals surface area (Å²) < 4.78 is 0. The molecule has 3 aromatic rings. The van der Waals surface area contributed by atoms with Crippen molar-refractivity contribution in [3.63, 3.8) is 0 Å². The zero-order valence-corrected chi connectivity index (χ0v) is 15.1. The van der Waals surface area contributed by atoms with Crippen LogP contribution in [0.25, 0.3) is 0 Å². The number of benzene rings is 3. The molecule has 0 heterocycles. The van der Waals surface area contributed by atoms with E-state index in [0.29, 0.717) is 0 Å². The maximum absolute atomic E-state index is 6.21. The summed E-state index contributed by atoms with van der Waals surface area (Å²) >= 11 is 6.21. The Labute approximate surface area is 143 Å². The fourth-order valence-corrected chi connectivity index (χ4v) is 6.02. The van der Waals surface area contributed by atoms with E-state index >= 15 is 0 Å². The average Bonchev–Trinajstić information content (AvgIpc) is 2.59. The van der Waals surface area contributed by atoms with Gasteiger partial charge < -0.3 is 5.09 Å². The zero-order chi connectivity index (χ0) is 16.3. The van der Waals surface area contributed by atoms with Gasteiger partial charge in [0.15, 0.2) is 0 Å². The van der Waals surface area contributed by atoms with Crippen molar-refractivity contribution in [2.45, 2.75) is 13.8 Å². The average molecular weight is 337 g/mol. The molecule has 116 valence electrons. The Morgan fingerprint density at radius 3 is 1.74 bits per heavy atom. The van der Waals surface area contributed by atoms with E-state index in [-0.39, 0.29) is 0 Å². The van der Waals surface area contributed by atoms with Crippen LogP contribution < -0.4 is 15.7 Å². The zero-order valence-electron chi connectivity index (χ0n) is 13.4. The van der Waals surface area contributed by atoms with Gasteiger partial charge in [-0.25, -0.2) is 0 Å². The molecular weight excluding hydrogens is 317 g/mol. The van der Waals surface area contributed by atoms with E-state index in [9.17, 15) is 0 Å². The van der Waals surface area contributed by atoms with Gasteiger partial charge in [0.25, 0.3) is 0 Å². The fourth-order valence-electron chi connectivity index (χ4n) is 2.66. The number of rotatable bonds is 4. The van der Waals surface area contributed by atoms with Crippen LogP contribution in [0.4, 0.5) is 5.69 Å². The minimum atomic E-state index is -2.10. The minimum Gasteiger partial charge on any atom is -0.351 e. The van der Waals surface area contributed by atoms with Gasteiger partial charge in [-0.15, -0.1) is 0 Å². The lowest BCUT2D eigenvalue weighted by molar-refractivity contribution is 1.39. The van der Waals surface area contributed by atoms with Crippen molar-refractivity contribution in [3.8, 4) is 0 Å². The predicted octanol–water partition coefficient (Wildman–Crippen LogP) is 4.76. The van der Waals surface area contributed by atoms with E-state index in [1.165, 1.54) is 21.7 Å². The Bertz CT molecular complexity index is 801. The minimum absolute atomic E-state index is 1.12. The Hall–Kier alpha value is -1.89. The van der Waals surface area contributed by atoms with Crippen molar-refractivity contribution in [3.05, 3.63) is 90.0 Å². The summed E-state index contributed by atoms with van der Waals surface area (Å²) in [4.78, 5) is 0. The molecule has 3 aromatic carbocycles. The first-order valence-corrected chi connectivity index (χ1v) is 10.5. The van der Waals surface area contributed by atoms with Gasteiger partial charge in [-0.2, -0.15) is 0 Å². The van der Waals surface area contributed by atoms with E-state index in [1.807, 2.05) is 12.1 Å². The molecule has 0 unspecified atom stereocenters. The van der Waals surface area contributed by atoms with Crippen LogP contribution in [0.1, 0.15) is 11.1 Å². The number of nitrogens with one attached hydrogen (secondary N) is 1. The Balaban J connectivity index is 2.12. The van der Waals surface area contributed by atoms with Crippen molar-refractivity contribution in [1.29, 1.82) is 0 Å². The number of aryl methyl sites for hydroxylation is 2. The van der Waals surface area contributed by atoms with Crippen molar-refractivity contribution in [2.75, 3.05) is 5.09 Å². The molecule has 0 aromatic heterocycles. The van der Waals surface area contributed by atoms with Crippen molar-refractivity contribution in [2.24, 2.45) is 0 Å². The normalized spacial score (nSPS) is 11.2. The van der Waals surface area contributed by atoms with Crippen LogP contribution in [0.3, 0.4) is 0 Å². The molecule has 23 heavy (non-hydrogen) atoms. The monoisotopic (exact) mass is 337 g/mol. The summed E-state index contributed by atoms with van der Waals surface area (Å²) in [5.74, 6) is 0. The summed E-state index contributed by atoms with van der Waals surface area (Å²) in [5, 5.41) is 6.07. The van der Waals surface area contributed by atoms with Crippen LogP contribution in [-0.4, -0.2) is 0 Å². The fraction of sp³-hybridized carbons (Fsp3) is 0.100. The predicted molar refractivity (Wildman–Crippen MR) is 106 cm³/mol. The molecule has 0 atom stereocenters. The van der Waals surface area contributed by atoms with Gasteiger partial charge >= 0.3 is 0 Å². The molecule has 0 saturated heterocycles. The lowest BCUT2D eigenvalue weighted by Gasteiger charge is -2.26. The molecule has 3 heteroatoms. The van der Waals surface area contributed by atoms with Gasteiger partial charge in [-0.3, -0.25) is 0 Å². The molecule has 1 N–H and O–H groups in total. The van der Waals surface area contributed by atoms with E-state index < -0.39 is 6.19 Å². The Morgan fingerprint density at radius 2 is 1.26 bits per heavy atom. The SMILES string of the molecule is Cc1ccc(NP(=S)(c2ccccc2)c2ccccc2)c(C)c1. The van der Waals surface area contributed by atoms with Gasteiger partial charge in [-0.05, 0) is 25.5 Å². The third-order valence-electron chi connectivity index (χ3n) is 3.90. The maximum Gasteiger partial charge on any atom is 0.0903 e. The van der Waals surface area contributed by atoms with Crippen molar-refractivity contribution >= 4 is 34.3 Å². The van der Waals surface area contributed by atoms with Crippen LogP contribution in [0.5, 0.6) is 0 Å². The molecule has 0 aliphatic rings. The first kappa shape index (κ1) is 16.0. The second-order valence-electron chi connectivity index (χ2n) is 5.71. The standard InChI is InChI=1S/C20H20NPS/c1-16-13-14-20(17(2)15-16)21-22(23,18-9-5-3-6-10-18)19-11-7-4-8-12-19/h3-15H,1-2H3,(H,21,23). The lowest BCUT2D eigenvalue weighted by Crippen LogP contribution is -2.21. The molecule has 3 rings (SSSR count). The molecule has 0 spiro atoms. The quantitative estimate of drug-likeness (QED) is 0.689. The summed E-state index contributed by atoms with van der Waals surface area (Å²) in [7, 11) is 0. The number of hydrogen-bond donors (Lipinski definition) is 1. The third-order valence-corrected chi connectivity index (χ3v) is 8.04. The molecule has 0 aliphatic heterocycles. The van der Waals surface area contributed by atoms with Gasteiger partial charge in [0.05, 0.1) is 6.19 Å².